The fraction of sp³-hybridized carbons (Fsp3) is 0.846. The molecule has 2 heteroatoms. The van der Waals surface area contributed by atoms with Crippen LogP contribution in [-0.2, 0) is 9.59 Å². The van der Waals surface area contributed by atoms with Crippen LogP contribution < -0.4 is 0 Å². The molecule has 0 N–H and O–H groups in total. The lowest BCUT2D eigenvalue weighted by molar-refractivity contribution is -0.141. The Balaban J connectivity index is 2.92. The van der Waals surface area contributed by atoms with Crippen molar-refractivity contribution in [3.8, 4) is 0 Å². The first-order valence-electron chi connectivity index (χ1n) is 5.94. The molecule has 0 aromatic heterocycles. The molecule has 0 aromatic rings. The molecule has 15 heavy (non-hydrogen) atoms. The molecule has 0 amide bonds. The molecule has 86 valence electrons. The third-order valence-electron chi connectivity index (χ3n) is 3.92. The molecule has 0 spiro atoms. The Kier molecular flexibility index (Phi) is 3.69. The lowest BCUT2D eigenvalue weighted by atomic mass is 9.62. The van der Waals surface area contributed by atoms with Crippen LogP contribution in [0.5, 0.6) is 0 Å². The highest BCUT2D eigenvalue weighted by molar-refractivity contribution is 5.92. The second kappa shape index (κ2) is 4.46. The zero-order valence-electron chi connectivity index (χ0n) is 10.3. The molecule has 1 saturated carbocycles. The van der Waals surface area contributed by atoms with Crippen molar-refractivity contribution in [2.24, 2.45) is 17.3 Å². The average Bonchev–Trinajstić information content (AvgIpc) is 2.17. The Morgan fingerprint density at radius 3 is 2.33 bits per heavy atom. The maximum atomic E-state index is 12.1. The molecule has 0 bridgehead atoms. The van der Waals surface area contributed by atoms with Gasteiger partial charge in [-0.3, -0.25) is 9.59 Å². The maximum absolute atomic E-state index is 12.1. The third kappa shape index (κ3) is 2.30. The highest BCUT2D eigenvalue weighted by atomic mass is 16.1. The van der Waals surface area contributed by atoms with Crippen LogP contribution in [0.25, 0.3) is 0 Å². The van der Waals surface area contributed by atoms with Gasteiger partial charge in [-0.25, -0.2) is 0 Å². The minimum atomic E-state index is -0.389. The summed E-state index contributed by atoms with van der Waals surface area (Å²) in [6, 6.07) is 0. The van der Waals surface area contributed by atoms with Crippen LogP contribution >= 0.6 is 0 Å². The maximum Gasteiger partial charge on any atom is 0.139 e. The van der Waals surface area contributed by atoms with E-state index < -0.39 is 0 Å². The van der Waals surface area contributed by atoms with Crippen LogP contribution in [0.15, 0.2) is 0 Å². The summed E-state index contributed by atoms with van der Waals surface area (Å²) in [5, 5.41) is 0. The SMILES string of the molecule is CC(=O)C1(C)CCCCC1C(=O)C(C)C. The van der Waals surface area contributed by atoms with E-state index in [9.17, 15) is 9.59 Å². The van der Waals surface area contributed by atoms with E-state index in [4.69, 9.17) is 0 Å². The largest absolute Gasteiger partial charge is 0.299 e. The van der Waals surface area contributed by atoms with Crippen LogP contribution in [0.2, 0.25) is 0 Å². The number of carbonyl (C=O) groups is 2. The van der Waals surface area contributed by atoms with Crippen molar-refractivity contribution in [1.82, 2.24) is 0 Å². The van der Waals surface area contributed by atoms with E-state index in [1.165, 1.54) is 0 Å². The van der Waals surface area contributed by atoms with Crippen molar-refractivity contribution in [3.63, 3.8) is 0 Å². The first-order chi connectivity index (χ1) is 6.89. The minimum absolute atomic E-state index is 0.0382. The van der Waals surface area contributed by atoms with E-state index in [1.54, 1.807) is 6.92 Å². The van der Waals surface area contributed by atoms with Gasteiger partial charge in [0.1, 0.15) is 11.6 Å². The van der Waals surface area contributed by atoms with E-state index in [2.05, 4.69) is 0 Å². The molecule has 2 atom stereocenters. The van der Waals surface area contributed by atoms with Gasteiger partial charge >= 0.3 is 0 Å². The molecule has 2 unspecified atom stereocenters. The van der Waals surface area contributed by atoms with E-state index in [0.29, 0.717) is 0 Å². The number of hydrogen-bond acceptors (Lipinski definition) is 2. The standard InChI is InChI=1S/C13H22O2/c1-9(2)12(15)11-7-5-6-8-13(11,4)10(3)14/h9,11H,5-8H2,1-4H3. The van der Waals surface area contributed by atoms with Crippen molar-refractivity contribution in [3.05, 3.63) is 0 Å². The summed E-state index contributed by atoms with van der Waals surface area (Å²) < 4.78 is 0. The van der Waals surface area contributed by atoms with Crippen LogP contribution in [0.1, 0.15) is 53.4 Å². The monoisotopic (exact) mass is 210 g/mol. The van der Waals surface area contributed by atoms with Crippen LogP contribution in [-0.4, -0.2) is 11.6 Å². The summed E-state index contributed by atoms with van der Waals surface area (Å²) in [6.45, 7) is 7.46. The van der Waals surface area contributed by atoms with Crippen LogP contribution in [0, 0.1) is 17.3 Å². The van der Waals surface area contributed by atoms with Gasteiger partial charge in [-0.05, 0) is 19.8 Å². The molecule has 0 saturated heterocycles. The summed E-state index contributed by atoms with van der Waals surface area (Å²) >= 11 is 0. The van der Waals surface area contributed by atoms with Gasteiger partial charge in [0, 0.05) is 17.3 Å². The summed E-state index contributed by atoms with van der Waals surface area (Å²) in [5.74, 6) is 0.462. The molecule has 1 aliphatic rings. The summed E-state index contributed by atoms with van der Waals surface area (Å²) in [6.07, 6.45) is 3.95. The van der Waals surface area contributed by atoms with Gasteiger partial charge in [0.25, 0.3) is 0 Å². The fourth-order valence-electron chi connectivity index (χ4n) is 2.61. The summed E-state index contributed by atoms with van der Waals surface area (Å²) in [4.78, 5) is 23.8. The minimum Gasteiger partial charge on any atom is -0.299 e. The molecule has 1 fully saturated rings. The number of carbonyl (C=O) groups excluding carboxylic acids is 2. The fourth-order valence-corrected chi connectivity index (χ4v) is 2.61. The summed E-state index contributed by atoms with van der Waals surface area (Å²) in [7, 11) is 0. The van der Waals surface area contributed by atoms with Crippen molar-refractivity contribution in [1.29, 1.82) is 0 Å². The van der Waals surface area contributed by atoms with Crippen molar-refractivity contribution in [2.75, 3.05) is 0 Å². The molecule has 2 nitrogen and oxygen atoms in total. The molecular formula is C13H22O2. The molecule has 0 radical (unpaired) electrons. The molecule has 0 aromatic carbocycles. The Hall–Kier alpha value is -0.660. The lowest BCUT2D eigenvalue weighted by Gasteiger charge is -2.39. The predicted octanol–water partition coefficient (Wildman–Crippen LogP) is 3.00. The van der Waals surface area contributed by atoms with Gasteiger partial charge in [-0.1, -0.05) is 33.6 Å². The van der Waals surface area contributed by atoms with Gasteiger partial charge in [0.2, 0.25) is 0 Å². The Labute approximate surface area is 92.4 Å². The Morgan fingerprint density at radius 2 is 1.87 bits per heavy atom. The highest BCUT2D eigenvalue weighted by Crippen LogP contribution is 2.43. The van der Waals surface area contributed by atoms with E-state index in [1.807, 2.05) is 20.8 Å². The number of hydrogen-bond donors (Lipinski definition) is 0. The Bertz CT molecular complexity index is 268. The first-order valence-corrected chi connectivity index (χ1v) is 5.94. The number of Topliss-reactive ketones (excluding diaryl/α,β-unsaturated/α-hetero) is 2. The van der Waals surface area contributed by atoms with Crippen LogP contribution in [0.4, 0.5) is 0 Å². The molecule has 1 aliphatic carbocycles. The van der Waals surface area contributed by atoms with Gasteiger partial charge in [0.05, 0.1) is 0 Å². The van der Waals surface area contributed by atoms with E-state index >= 15 is 0 Å². The zero-order valence-corrected chi connectivity index (χ0v) is 10.3. The molecule has 0 heterocycles. The first kappa shape index (κ1) is 12.4. The van der Waals surface area contributed by atoms with Crippen molar-refractivity contribution >= 4 is 11.6 Å². The lowest BCUT2D eigenvalue weighted by Crippen LogP contribution is -2.42. The van der Waals surface area contributed by atoms with Crippen molar-refractivity contribution in [2.45, 2.75) is 53.4 Å². The molecular weight excluding hydrogens is 188 g/mol. The summed E-state index contributed by atoms with van der Waals surface area (Å²) in [5.41, 5.74) is -0.389. The second-order valence-corrected chi connectivity index (χ2v) is 5.33. The number of rotatable bonds is 3. The molecule has 0 aliphatic heterocycles. The van der Waals surface area contributed by atoms with Gasteiger partial charge in [0.15, 0.2) is 0 Å². The normalized spacial score (nSPS) is 31.7. The highest BCUT2D eigenvalue weighted by Gasteiger charge is 2.44. The topological polar surface area (TPSA) is 34.1 Å². The smallest absolute Gasteiger partial charge is 0.139 e. The second-order valence-electron chi connectivity index (χ2n) is 5.33. The van der Waals surface area contributed by atoms with Crippen molar-refractivity contribution < 1.29 is 9.59 Å². The quantitative estimate of drug-likeness (QED) is 0.717. The van der Waals surface area contributed by atoms with E-state index in [0.717, 1.165) is 25.7 Å². The van der Waals surface area contributed by atoms with Gasteiger partial charge < -0.3 is 0 Å². The van der Waals surface area contributed by atoms with Gasteiger partial charge in [-0.15, -0.1) is 0 Å². The van der Waals surface area contributed by atoms with E-state index in [-0.39, 0.29) is 28.8 Å². The van der Waals surface area contributed by atoms with Gasteiger partial charge in [-0.2, -0.15) is 0 Å². The Morgan fingerprint density at radius 1 is 1.27 bits per heavy atom. The zero-order chi connectivity index (χ0) is 11.6. The average molecular weight is 210 g/mol. The predicted molar refractivity (Wildman–Crippen MR) is 60.6 cm³/mol. The third-order valence-corrected chi connectivity index (χ3v) is 3.92. The van der Waals surface area contributed by atoms with Crippen LogP contribution in [0.3, 0.4) is 0 Å². The molecule has 1 rings (SSSR count). The number of ketones is 2.